The van der Waals surface area contributed by atoms with E-state index < -0.39 is 5.54 Å². The molecule has 0 unspecified atom stereocenters. The van der Waals surface area contributed by atoms with Gasteiger partial charge in [0.15, 0.2) is 0 Å². The van der Waals surface area contributed by atoms with E-state index in [1.807, 2.05) is 61.5 Å². The maximum absolute atomic E-state index is 12.9. The van der Waals surface area contributed by atoms with Gasteiger partial charge >= 0.3 is 0 Å². The van der Waals surface area contributed by atoms with E-state index in [0.29, 0.717) is 12.8 Å². The predicted molar refractivity (Wildman–Crippen MR) is 110 cm³/mol. The Kier molecular flexibility index (Phi) is 6.05. The summed E-state index contributed by atoms with van der Waals surface area (Å²) in [5.41, 5.74) is 8.18. The SMILES string of the molecule is C[C@@H](N)CCC(=O)NC(c1ccccc1)(c1ccccc1)c1ccccc1. The Balaban J connectivity index is 2.15. The van der Waals surface area contributed by atoms with Crippen LogP contribution < -0.4 is 11.1 Å². The molecule has 138 valence electrons. The lowest BCUT2D eigenvalue weighted by atomic mass is 9.77. The molecule has 3 aromatic carbocycles. The number of rotatable bonds is 7. The Morgan fingerprint density at radius 3 is 1.52 bits per heavy atom. The van der Waals surface area contributed by atoms with Crippen LogP contribution in [0.3, 0.4) is 0 Å². The molecule has 0 radical (unpaired) electrons. The fraction of sp³-hybridized carbons (Fsp3) is 0.208. The topological polar surface area (TPSA) is 55.1 Å². The molecule has 1 amide bonds. The van der Waals surface area contributed by atoms with Crippen molar-refractivity contribution in [3.05, 3.63) is 108 Å². The molecule has 0 aliphatic heterocycles. The van der Waals surface area contributed by atoms with Gasteiger partial charge in [-0.2, -0.15) is 0 Å². The molecule has 3 N–H and O–H groups in total. The van der Waals surface area contributed by atoms with Crippen molar-refractivity contribution in [1.29, 1.82) is 0 Å². The second-order valence-electron chi connectivity index (χ2n) is 6.91. The summed E-state index contributed by atoms with van der Waals surface area (Å²) < 4.78 is 0. The summed E-state index contributed by atoms with van der Waals surface area (Å²) in [5, 5.41) is 3.34. The highest BCUT2D eigenvalue weighted by atomic mass is 16.1. The smallest absolute Gasteiger partial charge is 0.221 e. The number of hydrogen-bond acceptors (Lipinski definition) is 2. The summed E-state index contributed by atoms with van der Waals surface area (Å²) in [6.45, 7) is 1.92. The van der Waals surface area contributed by atoms with Gasteiger partial charge in [-0.25, -0.2) is 0 Å². The summed E-state index contributed by atoms with van der Waals surface area (Å²) in [6.07, 6.45) is 1.05. The lowest BCUT2D eigenvalue weighted by molar-refractivity contribution is -0.122. The van der Waals surface area contributed by atoms with Crippen LogP contribution in [0.1, 0.15) is 36.5 Å². The van der Waals surface area contributed by atoms with Crippen molar-refractivity contribution in [3.63, 3.8) is 0 Å². The monoisotopic (exact) mass is 358 g/mol. The number of carbonyl (C=O) groups excluding carboxylic acids is 1. The fourth-order valence-electron chi connectivity index (χ4n) is 3.41. The first-order chi connectivity index (χ1) is 13.1. The van der Waals surface area contributed by atoms with Crippen LogP contribution in [0.25, 0.3) is 0 Å². The Bertz CT molecular complexity index is 749. The lowest BCUT2D eigenvalue weighted by Crippen LogP contribution is -2.48. The maximum Gasteiger partial charge on any atom is 0.221 e. The van der Waals surface area contributed by atoms with Crippen molar-refractivity contribution in [3.8, 4) is 0 Å². The zero-order chi connectivity index (χ0) is 19.1. The van der Waals surface area contributed by atoms with Crippen molar-refractivity contribution in [2.45, 2.75) is 31.3 Å². The quantitative estimate of drug-likeness (QED) is 0.621. The summed E-state index contributed by atoms with van der Waals surface area (Å²) in [5.74, 6) is -0.0103. The van der Waals surface area contributed by atoms with Crippen molar-refractivity contribution >= 4 is 5.91 Å². The highest BCUT2D eigenvalue weighted by Crippen LogP contribution is 2.36. The molecule has 0 fully saturated rings. The molecule has 3 aromatic rings. The maximum atomic E-state index is 12.9. The molecule has 3 heteroatoms. The summed E-state index contributed by atoms with van der Waals surface area (Å²) >= 11 is 0. The molecule has 0 aliphatic carbocycles. The first kappa shape index (κ1) is 18.9. The zero-order valence-corrected chi connectivity index (χ0v) is 15.6. The predicted octanol–water partition coefficient (Wildman–Crippen LogP) is 4.22. The molecule has 3 nitrogen and oxygen atoms in total. The van der Waals surface area contributed by atoms with Gasteiger partial charge in [-0.15, -0.1) is 0 Å². The summed E-state index contributed by atoms with van der Waals surface area (Å²) in [7, 11) is 0. The number of hydrogen-bond donors (Lipinski definition) is 2. The van der Waals surface area contributed by atoms with Crippen LogP contribution >= 0.6 is 0 Å². The third-order valence-electron chi connectivity index (χ3n) is 4.77. The van der Waals surface area contributed by atoms with Crippen molar-refractivity contribution in [1.82, 2.24) is 5.32 Å². The third-order valence-corrected chi connectivity index (χ3v) is 4.77. The largest absolute Gasteiger partial charge is 0.338 e. The minimum absolute atomic E-state index is 0.00433. The Morgan fingerprint density at radius 2 is 1.19 bits per heavy atom. The minimum atomic E-state index is -0.751. The van der Waals surface area contributed by atoms with E-state index in [9.17, 15) is 4.79 Å². The van der Waals surface area contributed by atoms with Gasteiger partial charge in [0.05, 0.1) is 0 Å². The second-order valence-corrected chi connectivity index (χ2v) is 6.91. The van der Waals surface area contributed by atoms with Crippen LogP contribution in [0.5, 0.6) is 0 Å². The van der Waals surface area contributed by atoms with Crippen LogP contribution in [-0.4, -0.2) is 11.9 Å². The molecule has 0 heterocycles. The van der Waals surface area contributed by atoms with E-state index in [1.165, 1.54) is 0 Å². The normalized spacial score (nSPS) is 12.4. The molecule has 0 saturated carbocycles. The molecule has 1 atom stereocenters. The first-order valence-electron chi connectivity index (χ1n) is 9.36. The Labute approximate surface area is 161 Å². The van der Waals surface area contributed by atoms with Gasteiger partial charge in [-0.1, -0.05) is 91.0 Å². The average molecular weight is 358 g/mol. The summed E-state index contributed by atoms with van der Waals surface area (Å²) in [6, 6.07) is 30.4. The molecule has 27 heavy (non-hydrogen) atoms. The van der Waals surface area contributed by atoms with E-state index in [2.05, 4.69) is 41.7 Å². The van der Waals surface area contributed by atoms with Gasteiger partial charge in [0.25, 0.3) is 0 Å². The van der Waals surface area contributed by atoms with E-state index in [4.69, 9.17) is 5.73 Å². The first-order valence-corrected chi connectivity index (χ1v) is 9.36. The fourth-order valence-corrected chi connectivity index (χ4v) is 3.41. The van der Waals surface area contributed by atoms with Crippen molar-refractivity contribution in [2.75, 3.05) is 0 Å². The molecule has 0 aromatic heterocycles. The third kappa shape index (κ3) is 4.26. The van der Waals surface area contributed by atoms with Gasteiger partial charge in [0, 0.05) is 12.5 Å². The molecular formula is C24H26N2O. The van der Waals surface area contributed by atoms with E-state index >= 15 is 0 Å². The molecule has 3 rings (SSSR count). The van der Waals surface area contributed by atoms with Crippen LogP contribution in [0, 0.1) is 0 Å². The number of benzene rings is 3. The Morgan fingerprint density at radius 1 is 0.815 bits per heavy atom. The lowest BCUT2D eigenvalue weighted by Gasteiger charge is -2.37. The number of amides is 1. The van der Waals surface area contributed by atoms with Crippen LogP contribution in [0.15, 0.2) is 91.0 Å². The van der Waals surface area contributed by atoms with Crippen molar-refractivity contribution in [2.24, 2.45) is 5.73 Å². The molecular weight excluding hydrogens is 332 g/mol. The van der Waals surface area contributed by atoms with Gasteiger partial charge in [-0.3, -0.25) is 4.79 Å². The molecule has 0 saturated heterocycles. The van der Waals surface area contributed by atoms with Gasteiger partial charge < -0.3 is 11.1 Å². The van der Waals surface area contributed by atoms with Crippen LogP contribution in [0.2, 0.25) is 0 Å². The molecule has 0 spiro atoms. The summed E-state index contributed by atoms with van der Waals surface area (Å²) in [4.78, 5) is 12.9. The van der Waals surface area contributed by atoms with E-state index in [1.54, 1.807) is 0 Å². The number of carbonyl (C=O) groups is 1. The van der Waals surface area contributed by atoms with Crippen molar-refractivity contribution < 1.29 is 4.79 Å². The standard InChI is InChI=1S/C24H26N2O/c1-19(25)17-18-23(27)26-24(20-11-5-2-6-12-20,21-13-7-3-8-14-21)22-15-9-4-10-16-22/h2-16,19H,17-18,25H2,1H3,(H,26,27)/t19-/m1/s1. The number of nitrogens with two attached hydrogens (primary N) is 1. The highest BCUT2D eigenvalue weighted by molar-refractivity contribution is 5.79. The van der Waals surface area contributed by atoms with Crippen LogP contribution in [0.4, 0.5) is 0 Å². The minimum Gasteiger partial charge on any atom is -0.338 e. The van der Waals surface area contributed by atoms with Crippen LogP contribution in [-0.2, 0) is 10.3 Å². The van der Waals surface area contributed by atoms with E-state index in [0.717, 1.165) is 16.7 Å². The average Bonchev–Trinajstić information content (AvgIpc) is 2.72. The van der Waals surface area contributed by atoms with Gasteiger partial charge in [0.1, 0.15) is 5.54 Å². The Hall–Kier alpha value is -2.91. The molecule has 0 bridgehead atoms. The zero-order valence-electron chi connectivity index (χ0n) is 15.6. The van der Waals surface area contributed by atoms with Gasteiger partial charge in [0.2, 0.25) is 5.91 Å². The highest BCUT2D eigenvalue weighted by Gasteiger charge is 2.37. The van der Waals surface area contributed by atoms with Gasteiger partial charge in [-0.05, 0) is 30.0 Å². The molecule has 0 aliphatic rings. The second kappa shape index (κ2) is 8.65. The van der Waals surface area contributed by atoms with E-state index in [-0.39, 0.29) is 11.9 Å². The number of nitrogens with one attached hydrogen (secondary N) is 1.